The Balaban J connectivity index is 5.02. The second-order valence-electron chi connectivity index (χ2n) is 6.50. The lowest BCUT2D eigenvalue weighted by atomic mass is 9.82. The number of carboxylic acids is 1. The summed E-state index contributed by atoms with van der Waals surface area (Å²) in [5.41, 5.74) is -0.579. The van der Waals surface area contributed by atoms with E-state index in [1.807, 2.05) is 20.8 Å². The molecular formula is C15H28O4. The lowest BCUT2D eigenvalue weighted by Crippen LogP contribution is -2.36. The number of esters is 1. The van der Waals surface area contributed by atoms with E-state index in [0.717, 1.165) is 6.42 Å². The van der Waals surface area contributed by atoms with E-state index in [0.29, 0.717) is 12.8 Å². The van der Waals surface area contributed by atoms with E-state index in [1.165, 1.54) is 0 Å². The van der Waals surface area contributed by atoms with Crippen molar-refractivity contribution >= 4 is 11.9 Å². The highest BCUT2D eigenvalue weighted by Gasteiger charge is 2.36. The van der Waals surface area contributed by atoms with Crippen molar-refractivity contribution in [2.45, 2.75) is 66.4 Å². The third-order valence-corrected chi connectivity index (χ3v) is 2.84. The van der Waals surface area contributed by atoms with E-state index >= 15 is 0 Å². The Kier molecular flexibility index (Phi) is 7.09. The first kappa shape index (κ1) is 17.9. The van der Waals surface area contributed by atoms with Gasteiger partial charge in [0.05, 0.1) is 11.8 Å². The molecule has 0 aromatic heterocycles. The molecule has 0 aliphatic rings. The van der Waals surface area contributed by atoms with Crippen LogP contribution in [0, 0.1) is 17.8 Å². The van der Waals surface area contributed by atoms with Crippen LogP contribution < -0.4 is 0 Å². The Hall–Kier alpha value is -1.06. The van der Waals surface area contributed by atoms with Crippen LogP contribution in [0.2, 0.25) is 0 Å². The summed E-state index contributed by atoms with van der Waals surface area (Å²) < 4.78 is 5.36. The average molecular weight is 272 g/mol. The van der Waals surface area contributed by atoms with Crippen molar-refractivity contribution < 1.29 is 19.4 Å². The van der Waals surface area contributed by atoms with Crippen molar-refractivity contribution in [3.05, 3.63) is 0 Å². The summed E-state index contributed by atoms with van der Waals surface area (Å²) in [5, 5.41) is 9.36. The SMILES string of the molecule is CCC[C@H](C(=O)OC(C)(C)C)[C@@H](CC(C)C)C(=O)O. The van der Waals surface area contributed by atoms with Gasteiger partial charge in [0.2, 0.25) is 0 Å². The highest BCUT2D eigenvalue weighted by atomic mass is 16.6. The van der Waals surface area contributed by atoms with Crippen LogP contribution in [0.15, 0.2) is 0 Å². The summed E-state index contributed by atoms with van der Waals surface area (Å²) in [7, 11) is 0. The molecule has 0 aliphatic heterocycles. The van der Waals surface area contributed by atoms with E-state index in [4.69, 9.17) is 4.74 Å². The molecule has 0 aliphatic carbocycles. The van der Waals surface area contributed by atoms with Gasteiger partial charge in [0.1, 0.15) is 5.60 Å². The lowest BCUT2D eigenvalue weighted by Gasteiger charge is -2.27. The van der Waals surface area contributed by atoms with Crippen molar-refractivity contribution in [1.82, 2.24) is 0 Å². The number of ether oxygens (including phenoxy) is 1. The van der Waals surface area contributed by atoms with Gasteiger partial charge in [0, 0.05) is 0 Å². The topological polar surface area (TPSA) is 63.6 Å². The number of aliphatic carboxylic acids is 1. The molecule has 112 valence electrons. The minimum Gasteiger partial charge on any atom is -0.481 e. The fraction of sp³-hybridized carbons (Fsp3) is 0.867. The number of carbonyl (C=O) groups is 2. The van der Waals surface area contributed by atoms with Crippen LogP contribution in [-0.4, -0.2) is 22.6 Å². The molecule has 0 radical (unpaired) electrons. The summed E-state index contributed by atoms with van der Waals surface area (Å²) >= 11 is 0. The van der Waals surface area contributed by atoms with Gasteiger partial charge in [0.15, 0.2) is 0 Å². The first-order valence-corrected chi connectivity index (χ1v) is 7.04. The van der Waals surface area contributed by atoms with Gasteiger partial charge in [-0.3, -0.25) is 9.59 Å². The predicted octanol–water partition coefficient (Wildman–Crippen LogP) is 3.49. The molecule has 19 heavy (non-hydrogen) atoms. The van der Waals surface area contributed by atoms with Gasteiger partial charge >= 0.3 is 11.9 Å². The van der Waals surface area contributed by atoms with Gasteiger partial charge in [-0.2, -0.15) is 0 Å². The largest absolute Gasteiger partial charge is 0.481 e. The van der Waals surface area contributed by atoms with Gasteiger partial charge in [-0.15, -0.1) is 0 Å². The van der Waals surface area contributed by atoms with Gasteiger partial charge in [-0.1, -0.05) is 27.2 Å². The van der Waals surface area contributed by atoms with Crippen molar-refractivity contribution in [3.8, 4) is 0 Å². The first-order valence-electron chi connectivity index (χ1n) is 7.04. The van der Waals surface area contributed by atoms with Crippen LogP contribution in [0.3, 0.4) is 0 Å². The molecule has 0 fully saturated rings. The summed E-state index contributed by atoms with van der Waals surface area (Å²) in [6.45, 7) is 11.3. The van der Waals surface area contributed by atoms with Crippen molar-refractivity contribution in [1.29, 1.82) is 0 Å². The van der Waals surface area contributed by atoms with Crippen molar-refractivity contribution in [2.75, 3.05) is 0 Å². The van der Waals surface area contributed by atoms with E-state index in [-0.39, 0.29) is 11.9 Å². The molecule has 0 bridgehead atoms. The Bertz CT molecular complexity index is 302. The molecule has 0 aromatic carbocycles. The quantitative estimate of drug-likeness (QED) is 0.720. The van der Waals surface area contributed by atoms with Crippen LogP contribution in [0.5, 0.6) is 0 Å². The molecule has 1 N–H and O–H groups in total. The Morgan fingerprint density at radius 2 is 1.68 bits per heavy atom. The summed E-state index contributed by atoms with van der Waals surface area (Å²) in [4.78, 5) is 23.6. The fourth-order valence-corrected chi connectivity index (χ4v) is 2.12. The molecule has 0 saturated carbocycles. The second-order valence-corrected chi connectivity index (χ2v) is 6.50. The van der Waals surface area contributed by atoms with Crippen LogP contribution >= 0.6 is 0 Å². The van der Waals surface area contributed by atoms with E-state index in [9.17, 15) is 14.7 Å². The summed E-state index contributed by atoms with van der Waals surface area (Å²) in [6.07, 6.45) is 1.82. The van der Waals surface area contributed by atoms with Gasteiger partial charge in [-0.25, -0.2) is 0 Å². The molecule has 0 rings (SSSR count). The molecular weight excluding hydrogens is 244 g/mol. The molecule has 4 nitrogen and oxygen atoms in total. The first-order chi connectivity index (χ1) is 8.58. The zero-order valence-corrected chi connectivity index (χ0v) is 13.0. The van der Waals surface area contributed by atoms with Crippen LogP contribution in [0.1, 0.15) is 60.8 Å². The molecule has 4 heteroatoms. The monoisotopic (exact) mass is 272 g/mol. The van der Waals surface area contributed by atoms with Crippen LogP contribution in [0.4, 0.5) is 0 Å². The maximum Gasteiger partial charge on any atom is 0.310 e. The minimum absolute atomic E-state index is 0.239. The highest BCUT2D eigenvalue weighted by Crippen LogP contribution is 2.27. The van der Waals surface area contributed by atoms with Crippen molar-refractivity contribution in [3.63, 3.8) is 0 Å². The maximum absolute atomic E-state index is 12.2. The Morgan fingerprint density at radius 1 is 1.16 bits per heavy atom. The standard InChI is InChI=1S/C15H28O4/c1-7-8-11(14(18)19-15(4,5)6)12(13(16)17)9-10(2)3/h10-12H,7-9H2,1-6H3,(H,16,17)/t11-,12+/m0/s1. The molecule has 0 spiro atoms. The molecule has 0 amide bonds. The molecule has 0 saturated heterocycles. The third kappa shape index (κ3) is 7.19. The lowest BCUT2D eigenvalue weighted by molar-refractivity contribution is -0.167. The normalized spacial score (nSPS) is 15.1. The van der Waals surface area contributed by atoms with Gasteiger partial charge in [-0.05, 0) is 39.5 Å². The predicted molar refractivity (Wildman–Crippen MR) is 74.8 cm³/mol. The number of hydrogen-bond donors (Lipinski definition) is 1. The van der Waals surface area contributed by atoms with Crippen LogP contribution in [-0.2, 0) is 14.3 Å². The molecule has 0 aromatic rings. The van der Waals surface area contributed by atoms with E-state index in [2.05, 4.69) is 0 Å². The number of carbonyl (C=O) groups excluding carboxylic acids is 1. The number of carboxylic acid groups (broad SMARTS) is 1. The Morgan fingerprint density at radius 3 is 2.00 bits per heavy atom. The minimum atomic E-state index is -0.905. The third-order valence-electron chi connectivity index (χ3n) is 2.84. The summed E-state index contributed by atoms with van der Waals surface area (Å²) in [6, 6.07) is 0. The molecule has 0 unspecified atom stereocenters. The second kappa shape index (κ2) is 7.51. The van der Waals surface area contributed by atoms with Gasteiger partial charge in [0.25, 0.3) is 0 Å². The zero-order chi connectivity index (χ0) is 15.2. The fourth-order valence-electron chi connectivity index (χ4n) is 2.12. The summed E-state index contributed by atoms with van der Waals surface area (Å²) in [5.74, 6) is -2.26. The highest BCUT2D eigenvalue weighted by molar-refractivity contribution is 5.81. The van der Waals surface area contributed by atoms with Gasteiger partial charge < -0.3 is 9.84 Å². The maximum atomic E-state index is 12.2. The average Bonchev–Trinajstić information content (AvgIpc) is 2.19. The number of rotatable bonds is 7. The molecule has 0 heterocycles. The number of hydrogen-bond acceptors (Lipinski definition) is 3. The molecule has 2 atom stereocenters. The van der Waals surface area contributed by atoms with Crippen LogP contribution in [0.25, 0.3) is 0 Å². The Labute approximate surface area is 116 Å². The van der Waals surface area contributed by atoms with Crippen molar-refractivity contribution in [2.24, 2.45) is 17.8 Å². The zero-order valence-electron chi connectivity index (χ0n) is 13.0. The van der Waals surface area contributed by atoms with E-state index in [1.54, 1.807) is 20.8 Å². The smallest absolute Gasteiger partial charge is 0.310 e. The van der Waals surface area contributed by atoms with E-state index < -0.39 is 23.4 Å².